The number of halogens is 1. The average Bonchev–Trinajstić information content (AvgIpc) is 2.96. The van der Waals surface area contributed by atoms with Crippen LogP contribution in [0.15, 0.2) is 48.5 Å². The Kier molecular flexibility index (Phi) is 4.97. The van der Waals surface area contributed by atoms with Crippen LogP contribution in [-0.2, 0) is 11.2 Å². The van der Waals surface area contributed by atoms with E-state index in [-0.39, 0.29) is 30.2 Å². The van der Waals surface area contributed by atoms with Crippen molar-refractivity contribution < 1.29 is 14.0 Å². The van der Waals surface area contributed by atoms with Gasteiger partial charge in [0, 0.05) is 24.3 Å². The zero-order chi connectivity index (χ0) is 17.8. The van der Waals surface area contributed by atoms with E-state index in [0.29, 0.717) is 17.9 Å². The first-order valence-corrected chi connectivity index (χ1v) is 8.27. The Morgan fingerprint density at radius 3 is 2.48 bits per heavy atom. The van der Waals surface area contributed by atoms with Crippen LogP contribution in [0.4, 0.5) is 20.6 Å². The average molecular weight is 341 g/mol. The van der Waals surface area contributed by atoms with Gasteiger partial charge >= 0.3 is 6.03 Å². The summed E-state index contributed by atoms with van der Waals surface area (Å²) in [5.74, 6) is -0.442. The predicted molar refractivity (Wildman–Crippen MR) is 95.1 cm³/mol. The molecule has 0 aromatic heterocycles. The highest BCUT2D eigenvalue weighted by Gasteiger charge is 2.31. The Hall–Kier alpha value is -2.89. The fraction of sp³-hybridized carbons (Fsp3) is 0.263. The van der Waals surface area contributed by atoms with Crippen LogP contribution >= 0.6 is 0 Å². The van der Waals surface area contributed by atoms with Gasteiger partial charge in [0.1, 0.15) is 5.82 Å². The molecule has 3 rings (SSSR count). The van der Waals surface area contributed by atoms with Crippen molar-refractivity contribution in [3.8, 4) is 0 Å². The molecule has 1 aliphatic rings. The Morgan fingerprint density at radius 1 is 1.16 bits per heavy atom. The second-order valence-electron chi connectivity index (χ2n) is 6.03. The van der Waals surface area contributed by atoms with Gasteiger partial charge < -0.3 is 15.5 Å². The maximum Gasteiger partial charge on any atom is 0.319 e. The number of nitrogens with one attached hydrogen (secondary N) is 2. The van der Waals surface area contributed by atoms with Gasteiger partial charge in [-0.05, 0) is 48.4 Å². The molecule has 0 aliphatic carbocycles. The lowest BCUT2D eigenvalue weighted by Gasteiger charge is -2.17. The van der Waals surface area contributed by atoms with Gasteiger partial charge in [-0.3, -0.25) is 4.79 Å². The van der Waals surface area contributed by atoms with Gasteiger partial charge in [-0.15, -0.1) is 0 Å². The van der Waals surface area contributed by atoms with E-state index >= 15 is 0 Å². The van der Waals surface area contributed by atoms with Crippen LogP contribution in [0.1, 0.15) is 18.9 Å². The topological polar surface area (TPSA) is 61.4 Å². The SMILES string of the molecule is CCc1ccc(NC(=O)NC2CC(=O)N(c3ccc(F)cc3)C2)cc1. The largest absolute Gasteiger partial charge is 0.333 e. The highest BCUT2D eigenvalue weighted by molar-refractivity contribution is 5.97. The van der Waals surface area contributed by atoms with Gasteiger partial charge in [0.05, 0.1) is 6.04 Å². The molecule has 5 nitrogen and oxygen atoms in total. The molecule has 6 heteroatoms. The first kappa shape index (κ1) is 17.0. The van der Waals surface area contributed by atoms with E-state index in [4.69, 9.17) is 0 Å². The number of benzene rings is 2. The molecule has 2 aromatic rings. The third-order valence-corrected chi connectivity index (χ3v) is 4.22. The Morgan fingerprint density at radius 2 is 1.84 bits per heavy atom. The summed E-state index contributed by atoms with van der Waals surface area (Å²) in [6.07, 6.45) is 1.16. The van der Waals surface area contributed by atoms with Crippen molar-refractivity contribution in [2.24, 2.45) is 0 Å². The molecule has 1 saturated heterocycles. The van der Waals surface area contributed by atoms with Crippen molar-refractivity contribution in [3.63, 3.8) is 0 Å². The Balaban J connectivity index is 1.57. The standard InChI is InChI=1S/C19H20FN3O2/c1-2-13-3-7-15(8-4-13)21-19(25)22-16-11-18(24)23(12-16)17-9-5-14(20)6-10-17/h3-10,16H,2,11-12H2,1H3,(H2,21,22,25). The summed E-state index contributed by atoms with van der Waals surface area (Å²) in [7, 11) is 0. The molecule has 0 radical (unpaired) electrons. The molecular weight excluding hydrogens is 321 g/mol. The van der Waals surface area contributed by atoms with Crippen LogP contribution in [0, 0.1) is 5.82 Å². The number of hydrogen-bond donors (Lipinski definition) is 2. The summed E-state index contributed by atoms with van der Waals surface area (Å²) >= 11 is 0. The van der Waals surface area contributed by atoms with Crippen LogP contribution in [-0.4, -0.2) is 24.5 Å². The molecule has 1 atom stereocenters. The molecule has 2 aromatic carbocycles. The van der Waals surface area contributed by atoms with Crippen molar-refractivity contribution in [3.05, 3.63) is 59.9 Å². The Bertz CT molecular complexity index is 759. The van der Waals surface area contributed by atoms with Gasteiger partial charge in [0.25, 0.3) is 0 Å². The zero-order valence-corrected chi connectivity index (χ0v) is 14.0. The van der Waals surface area contributed by atoms with Gasteiger partial charge in [0.2, 0.25) is 5.91 Å². The number of nitrogens with zero attached hydrogens (tertiary/aromatic N) is 1. The summed E-state index contributed by atoms with van der Waals surface area (Å²) in [5.41, 5.74) is 2.53. The first-order chi connectivity index (χ1) is 12.0. The number of carbonyl (C=O) groups excluding carboxylic acids is 2. The number of rotatable bonds is 4. The lowest BCUT2D eigenvalue weighted by Crippen LogP contribution is -2.39. The van der Waals surface area contributed by atoms with Crippen molar-refractivity contribution in [1.29, 1.82) is 0 Å². The third kappa shape index (κ3) is 4.15. The fourth-order valence-electron chi connectivity index (χ4n) is 2.85. The lowest BCUT2D eigenvalue weighted by molar-refractivity contribution is -0.117. The number of urea groups is 1. The molecule has 0 saturated carbocycles. The van der Waals surface area contributed by atoms with Crippen LogP contribution in [0.25, 0.3) is 0 Å². The molecule has 1 heterocycles. The quantitative estimate of drug-likeness (QED) is 0.896. The first-order valence-electron chi connectivity index (χ1n) is 8.27. The van der Waals surface area contributed by atoms with Crippen molar-refractivity contribution >= 4 is 23.3 Å². The molecule has 0 bridgehead atoms. The monoisotopic (exact) mass is 341 g/mol. The van der Waals surface area contributed by atoms with E-state index in [1.54, 1.807) is 17.0 Å². The van der Waals surface area contributed by atoms with Gasteiger partial charge in [-0.25, -0.2) is 9.18 Å². The van der Waals surface area contributed by atoms with E-state index in [1.165, 1.54) is 17.7 Å². The number of anilines is 2. The van der Waals surface area contributed by atoms with Crippen molar-refractivity contribution in [1.82, 2.24) is 5.32 Å². The van der Waals surface area contributed by atoms with E-state index in [1.807, 2.05) is 24.3 Å². The number of hydrogen-bond acceptors (Lipinski definition) is 2. The summed E-state index contributed by atoms with van der Waals surface area (Å²) in [6.45, 7) is 2.44. The van der Waals surface area contributed by atoms with Crippen LogP contribution < -0.4 is 15.5 Å². The van der Waals surface area contributed by atoms with Crippen molar-refractivity contribution in [2.45, 2.75) is 25.8 Å². The number of aryl methyl sites for hydroxylation is 1. The summed E-state index contributed by atoms with van der Waals surface area (Å²) in [5, 5.41) is 5.58. The number of carbonyl (C=O) groups is 2. The molecular formula is C19H20FN3O2. The molecule has 25 heavy (non-hydrogen) atoms. The van der Waals surface area contributed by atoms with Gasteiger partial charge in [0.15, 0.2) is 0 Å². The van der Waals surface area contributed by atoms with Crippen LogP contribution in [0.5, 0.6) is 0 Å². The fourth-order valence-corrected chi connectivity index (χ4v) is 2.85. The van der Waals surface area contributed by atoms with E-state index in [2.05, 4.69) is 17.6 Å². The van der Waals surface area contributed by atoms with Gasteiger partial charge in [-0.2, -0.15) is 0 Å². The summed E-state index contributed by atoms with van der Waals surface area (Å²) < 4.78 is 13.0. The highest BCUT2D eigenvalue weighted by Crippen LogP contribution is 2.22. The third-order valence-electron chi connectivity index (χ3n) is 4.22. The molecule has 1 fully saturated rings. The molecule has 2 N–H and O–H groups in total. The minimum atomic E-state index is -0.349. The second-order valence-corrected chi connectivity index (χ2v) is 6.03. The summed E-state index contributed by atoms with van der Waals surface area (Å²) in [6, 6.07) is 12.7. The van der Waals surface area contributed by atoms with Crippen LogP contribution in [0.2, 0.25) is 0 Å². The molecule has 1 unspecified atom stereocenters. The maximum absolute atomic E-state index is 13.0. The van der Waals surface area contributed by atoms with Crippen molar-refractivity contribution in [2.75, 3.05) is 16.8 Å². The molecule has 1 aliphatic heterocycles. The Labute approximate surface area is 145 Å². The summed E-state index contributed by atoms with van der Waals surface area (Å²) in [4.78, 5) is 25.8. The minimum Gasteiger partial charge on any atom is -0.333 e. The minimum absolute atomic E-state index is 0.0933. The second kappa shape index (κ2) is 7.34. The smallest absolute Gasteiger partial charge is 0.319 e. The number of amides is 3. The molecule has 130 valence electrons. The predicted octanol–water partition coefficient (Wildman–Crippen LogP) is 3.32. The molecule has 3 amide bonds. The van der Waals surface area contributed by atoms with Crippen LogP contribution in [0.3, 0.4) is 0 Å². The lowest BCUT2D eigenvalue weighted by atomic mass is 10.1. The van der Waals surface area contributed by atoms with Gasteiger partial charge in [-0.1, -0.05) is 19.1 Å². The highest BCUT2D eigenvalue weighted by atomic mass is 19.1. The maximum atomic E-state index is 13.0. The van der Waals surface area contributed by atoms with E-state index < -0.39 is 0 Å². The zero-order valence-electron chi connectivity index (χ0n) is 14.0. The normalized spacial score (nSPS) is 16.8. The molecule has 0 spiro atoms. The van der Waals surface area contributed by atoms with E-state index in [0.717, 1.165) is 6.42 Å². The van der Waals surface area contributed by atoms with E-state index in [9.17, 15) is 14.0 Å².